The van der Waals surface area contributed by atoms with E-state index in [0.717, 1.165) is 32.4 Å². The fourth-order valence-electron chi connectivity index (χ4n) is 2.80. The second kappa shape index (κ2) is 7.19. The standard InChI is InChI=1S/C15H27N5O2/c1-11(9-15(2,3)22-4)17-14(21)13-10-20(19-18-13)12-5-7-16-8-6-12/h10-12,16H,5-9H2,1-4H3,(H,17,21). The van der Waals surface area contributed by atoms with Crippen LogP contribution in [0, 0.1) is 0 Å². The van der Waals surface area contributed by atoms with Crippen LogP contribution in [0.3, 0.4) is 0 Å². The molecule has 1 amide bonds. The number of rotatable bonds is 6. The molecule has 0 aliphatic carbocycles. The lowest BCUT2D eigenvalue weighted by Crippen LogP contribution is -2.39. The average Bonchev–Trinajstić information content (AvgIpc) is 2.97. The van der Waals surface area contributed by atoms with Gasteiger partial charge in [-0.15, -0.1) is 5.10 Å². The minimum absolute atomic E-state index is 0.00600. The predicted octanol–water partition coefficient (Wildman–Crippen LogP) is 1.14. The molecule has 1 aliphatic heterocycles. The van der Waals surface area contributed by atoms with E-state index in [2.05, 4.69) is 20.9 Å². The van der Waals surface area contributed by atoms with E-state index in [-0.39, 0.29) is 17.6 Å². The van der Waals surface area contributed by atoms with E-state index in [0.29, 0.717) is 11.7 Å². The summed E-state index contributed by atoms with van der Waals surface area (Å²) in [6, 6.07) is 0.339. The highest BCUT2D eigenvalue weighted by molar-refractivity contribution is 5.92. The zero-order chi connectivity index (χ0) is 16.2. The van der Waals surface area contributed by atoms with Crippen LogP contribution in [0.25, 0.3) is 0 Å². The molecule has 22 heavy (non-hydrogen) atoms. The first-order chi connectivity index (χ1) is 10.4. The van der Waals surface area contributed by atoms with E-state index in [1.165, 1.54) is 0 Å². The Morgan fingerprint density at radius 2 is 2.23 bits per heavy atom. The second-order valence-electron chi connectivity index (χ2n) is 6.61. The molecule has 0 saturated carbocycles. The van der Waals surface area contributed by atoms with Gasteiger partial charge in [-0.05, 0) is 53.1 Å². The number of hydrogen-bond acceptors (Lipinski definition) is 5. The first kappa shape index (κ1) is 16.9. The predicted molar refractivity (Wildman–Crippen MR) is 83.8 cm³/mol. The number of amides is 1. The number of nitrogens with zero attached hydrogens (tertiary/aromatic N) is 3. The number of piperidine rings is 1. The molecule has 0 spiro atoms. The van der Waals surface area contributed by atoms with E-state index < -0.39 is 0 Å². The summed E-state index contributed by atoms with van der Waals surface area (Å²) in [7, 11) is 1.68. The van der Waals surface area contributed by atoms with Crippen molar-refractivity contribution in [3.8, 4) is 0 Å². The average molecular weight is 309 g/mol. The molecule has 2 rings (SSSR count). The Morgan fingerprint density at radius 3 is 2.86 bits per heavy atom. The molecule has 1 aromatic heterocycles. The lowest BCUT2D eigenvalue weighted by molar-refractivity contribution is 0.00883. The van der Waals surface area contributed by atoms with Crippen molar-refractivity contribution >= 4 is 5.91 Å². The number of nitrogens with one attached hydrogen (secondary N) is 2. The van der Waals surface area contributed by atoms with E-state index in [1.54, 1.807) is 13.3 Å². The maximum atomic E-state index is 12.2. The molecule has 1 fully saturated rings. The quantitative estimate of drug-likeness (QED) is 0.823. The summed E-state index contributed by atoms with van der Waals surface area (Å²) < 4.78 is 7.21. The number of hydrogen-bond donors (Lipinski definition) is 2. The molecule has 0 aromatic carbocycles. The minimum atomic E-state index is -0.264. The molecule has 1 aliphatic rings. The highest BCUT2D eigenvalue weighted by Crippen LogP contribution is 2.18. The number of carbonyl (C=O) groups is 1. The van der Waals surface area contributed by atoms with Crippen molar-refractivity contribution in [1.82, 2.24) is 25.6 Å². The topological polar surface area (TPSA) is 81.1 Å². The fraction of sp³-hybridized carbons (Fsp3) is 0.800. The lowest BCUT2D eigenvalue weighted by Gasteiger charge is -2.26. The Balaban J connectivity index is 1.91. The highest BCUT2D eigenvalue weighted by Gasteiger charge is 2.23. The van der Waals surface area contributed by atoms with E-state index in [4.69, 9.17) is 4.74 Å². The smallest absolute Gasteiger partial charge is 0.273 e. The van der Waals surface area contributed by atoms with Gasteiger partial charge < -0.3 is 15.4 Å². The molecule has 0 bridgehead atoms. The van der Waals surface area contributed by atoms with Crippen molar-refractivity contribution in [2.45, 2.75) is 57.7 Å². The third-order valence-electron chi connectivity index (χ3n) is 4.15. The van der Waals surface area contributed by atoms with Crippen molar-refractivity contribution in [2.75, 3.05) is 20.2 Å². The summed E-state index contributed by atoms with van der Waals surface area (Å²) in [5, 5.41) is 14.4. The molecule has 1 unspecified atom stereocenters. The maximum Gasteiger partial charge on any atom is 0.273 e. The molecular weight excluding hydrogens is 282 g/mol. The number of aromatic nitrogens is 3. The molecule has 124 valence electrons. The van der Waals surface area contributed by atoms with Crippen molar-refractivity contribution in [1.29, 1.82) is 0 Å². The van der Waals surface area contributed by atoms with E-state index >= 15 is 0 Å². The molecule has 2 heterocycles. The largest absolute Gasteiger partial charge is 0.379 e. The van der Waals surface area contributed by atoms with Gasteiger partial charge in [-0.2, -0.15) is 0 Å². The van der Waals surface area contributed by atoms with Gasteiger partial charge in [-0.25, -0.2) is 4.68 Å². The summed E-state index contributed by atoms with van der Waals surface area (Å²) in [5.41, 5.74) is 0.111. The molecule has 0 radical (unpaired) electrons. The Morgan fingerprint density at radius 1 is 1.55 bits per heavy atom. The summed E-state index contributed by atoms with van der Waals surface area (Å²) in [6.07, 6.45) is 4.52. The molecular formula is C15H27N5O2. The second-order valence-corrected chi connectivity index (χ2v) is 6.61. The SMILES string of the molecule is COC(C)(C)CC(C)NC(=O)c1cn(C2CCNCC2)nn1. The van der Waals surface area contributed by atoms with Crippen LogP contribution >= 0.6 is 0 Å². The van der Waals surface area contributed by atoms with Gasteiger partial charge in [0.15, 0.2) is 5.69 Å². The summed E-state index contributed by atoms with van der Waals surface area (Å²) in [6.45, 7) is 7.94. The van der Waals surface area contributed by atoms with Crippen LogP contribution in [-0.4, -0.2) is 52.7 Å². The summed E-state index contributed by atoms with van der Waals surface area (Å²) >= 11 is 0. The molecule has 1 aromatic rings. The summed E-state index contributed by atoms with van der Waals surface area (Å²) in [5.74, 6) is -0.181. The van der Waals surface area contributed by atoms with Crippen LogP contribution in [0.1, 0.15) is 56.6 Å². The molecule has 7 heteroatoms. The third-order valence-corrected chi connectivity index (χ3v) is 4.15. The first-order valence-corrected chi connectivity index (χ1v) is 7.90. The van der Waals surface area contributed by atoms with Crippen molar-refractivity contribution in [2.24, 2.45) is 0 Å². The minimum Gasteiger partial charge on any atom is -0.379 e. The molecule has 1 atom stereocenters. The highest BCUT2D eigenvalue weighted by atomic mass is 16.5. The monoisotopic (exact) mass is 309 g/mol. The van der Waals surface area contributed by atoms with Crippen LogP contribution in [0.5, 0.6) is 0 Å². The summed E-state index contributed by atoms with van der Waals surface area (Å²) in [4.78, 5) is 12.2. The molecule has 2 N–H and O–H groups in total. The molecule has 7 nitrogen and oxygen atoms in total. The van der Waals surface area contributed by atoms with Gasteiger partial charge in [0.25, 0.3) is 5.91 Å². The Hall–Kier alpha value is -1.47. The Kier molecular flexibility index (Phi) is 5.52. The maximum absolute atomic E-state index is 12.2. The van der Waals surface area contributed by atoms with Crippen LogP contribution < -0.4 is 10.6 Å². The van der Waals surface area contributed by atoms with E-state index in [1.807, 2.05) is 25.5 Å². The van der Waals surface area contributed by atoms with Gasteiger partial charge >= 0.3 is 0 Å². The van der Waals surface area contributed by atoms with Crippen LogP contribution in [0.15, 0.2) is 6.20 Å². The lowest BCUT2D eigenvalue weighted by atomic mass is 10.00. The Bertz CT molecular complexity index is 494. The number of methoxy groups -OCH3 is 1. The zero-order valence-electron chi connectivity index (χ0n) is 13.9. The third kappa shape index (κ3) is 4.51. The fourth-order valence-corrected chi connectivity index (χ4v) is 2.80. The van der Waals surface area contributed by atoms with Gasteiger partial charge in [-0.1, -0.05) is 5.21 Å². The van der Waals surface area contributed by atoms with Crippen LogP contribution in [0.4, 0.5) is 0 Å². The normalized spacial score (nSPS) is 18.2. The van der Waals surface area contributed by atoms with Crippen molar-refractivity contribution < 1.29 is 9.53 Å². The number of carbonyl (C=O) groups excluding carboxylic acids is 1. The van der Waals surface area contributed by atoms with Crippen molar-refractivity contribution in [3.63, 3.8) is 0 Å². The van der Waals surface area contributed by atoms with Gasteiger partial charge in [0, 0.05) is 13.2 Å². The molecule has 1 saturated heterocycles. The van der Waals surface area contributed by atoms with Gasteiger partial charge in [0.05, 0.1) is 17.8 Å². The van der Waals surface area contributed by atoms with Crippen LogP contribution in [0.2, 0.25) is 0 Å². The van der Waals surface area contributed by atoms with Gasteiger partial charge in [0.1, 0.15) is 0 Å². The van der Waals surface area contributed by atoms with E-state index in [9.17, 15) is 4.79 Å². The first-order valence-electron chi connectivity index (χ1n) is 7.90. The Labute approximate surface area is 131 Å². The van der Waals surface area contributed by atoms with Gasteiger partial charge in [0.2, 0.25) is 0 Å². The zero-order valence-corrected chi connectivity index (χ0v) is 13.9. The van der Waals surface area contributed by atoms with Crippen molar-refractivity contribution in [3.05, 3.63) is 11.9 Å². The number of ether oxygens (including phenoxy) is 1. The van der Waals surface area contributed by atoms with Crippen LogP contribution in [-0.2, 0) is 4.74 Å². The van der Waals surface area contributed by atoms with Gasteiger partial charge in [-0.3, -0.25) is 4.79 Å².